The molecule has 0 bridgehead atoms. The van der Waals surface area contributed by atoms with Gasteiger partial charge in [-0.2, -0.15) is 0 Å². The Morgan fingerprint density at radius 1 is 1.04 bits per heavy atom. The highest BCUT2D eigenvalue weighted by Crippen LogP contribution is 2.15. The standard InChI is InChI=1S/C15H14F2N2O3S/c1-10-8-12(17)4-7-14(10)19-15(20)9-18-23(21,22)13-5-2-11(16)3-6-13/h2-8,18H,9H2,1H3,(H,19,20). The van der Waals surface area contributed by atoms with Crippen LogP contribution in [0.3, 0.4) is 0 Å². The Balaban J connectivity index is 1.99. The Kier molecular flexibility index (Phi) is 5.07. The first kappa shape index (κ1) is 17.0. The molecular weight excluding hydrogens is 326 g/mol. The topological polar surface area (TPSA) is 75.3 Å². The van der Waals surface area contributed by atoms with Crippen molar-refractivity contribution in [3.8, 4) is 0 Å². The van der Waals surface area contributed by atoms with Gasteiger partial charge >= 0.3 is 0 Å². The van der Waals surface area contributed by atoms with Gasteiger partial charge in [-0.25, -0.2) is 21.9 Å². The lowest BCUT2D eigenvalue weighted by Crippen LogP contribution is -2.33. The van der Waals surface area contributed by atoms with Crippen LogP contribution in [0.5, 0.6) is 0 Å². The molecule has 2 aromatic rings. The number of carbonyl (C=O) groups excluding carboxylic acids is 1. The molecule has 2 N–H and O–H groups in total. The molecule has 122 valence electrons. The van der Waals surface area contributed by atoms with Gasteiger partial charge in [0.05, 0.1) is 11.4 Å². The van der Waals surface area contributed by atoms with Gasteiger partial charge in [-0.1, -0.05) is 0 Å². The molecule has 8 heteroatoms. The first-order chi connectivity index (χ1) is 10.8. The van der Waals surface area contributed by atoms with Gasteiger partial charge in [0.15, 0.2) is 0 Å². The summed E-state index contributed by atoms with van der Waals surface area (Å²) in [6.07, 6.45) is 0. The van der Waals surface area contributed by atoms with Crippen LogP contribution < -0.4 is 10.0 Å². The fourth-order valence-corrected chi connectivity index (χ4v) is 2.80. The predicted octanol–water partition coefficient (Wildman–Crippen LogP) is 2.19. The Morgan fingerprint density at radius 3 is 2.26 bits per heavy atom. The van der Waals surface area contributed by atoms with Crippen molar-refractivity contribution in [3.05, 3.63) is 59.7 Å². The Hall–Kier alpha value is -2.32. The molecule has 0 unspecified atom stereocenters. The van der Waals surface area contributed by atoms with Crippen LogP contribution in [-0.2, 0) is 14.8 Å². The lowest BCUT2D eigenvalue weighted by molar-refractivity contribution is -0.115. The smallest absolute Gasteiger partial charge is 0.241 e. The number of aryl methyl sites for hydroxylation is 1. The van der Waals surface area contributed by atoms with Gasteiger partial charge < -0.3 is 5.32 Å². The summed E-state index contributed by atoms with van der Waals surface area (Å²) >= 11 is 0. The number of rotatable bonds is 5. The molecule has 2 aromatic carbocycles. The van der Waals surface area contributed by atoms with Crippen LogP contribution in [0.1, 0.15) is 5.56 Å². The maximum atomic E-state index is 13.0. The molecule has 1 amide bonds. The summed E-state index contributed by atoms with van der Waals surface area (Å²) in [7, 11) is -3.92. The summed E-state index contributed by atoms with van der Waals surface area (Å²) in [5, 5.41) is 2.48. The maximum absolute atomic E-state index is 13.0. The molecule has 0 saturated carbocycles. The third kappa shape index (κ3) is 4.57. The molecule has 2 rings (SSSR count). The fourth-order valence-electron chi connectivity index (χ4n) is 1.82. The van der Waals surface area contributed by atoms with Crippen molar-refractivity contribution in [2.75, 3.05) is 11.9 Å². The van der Waals surface area contributed by atoms with E-state index in [2.05, 4.69) is 10.0 Å². The second kappa shape index (κ2) is 6.84. The first-order valence-electron chi connectivity index (χ1n) is 6.59. The van der Waals surface area contributed by atoms with Crippen LogP contribution in [0.4, 0.5) is 14.5 Å². The maximum Gasteiger partial charge on any atom is 0.241 e. The lowest BCUT2D eigenvalue weighted by Gasteiger charge is -2.10. The average Bonchev–Trinajstić information content (AvgIpc) is 2.49. The fraction of sp³-hybridized carbons (Fsp3) is 0.133. The van der Waals surface area contributed by atoms with E-state index in [-0.39, 0.29) is 4.90 Å². The lowest BCUT2D eigenvalue weighted by atomic mass is 10.2. The SMILES string of the molecule is Cc1cc(F)ccc1NC(=O)CNS(=O)(=O)c1ccc(F)cc1. The summed E-state index contributed by atoms with van der Waals surface area (Å²) in [5.74, 6) is -1.60. The number of amides is 1. The van der Waals surface area contributed by atoms with Crippen LogP contribution in [0.2, 0.25) is 0 Å². The molecule has 0 spiro atoms. The minimum Gasteiger partial charge on any atom is -0.325 e. The third-order valence-electron chi connectivity index (χ3n) is 3.01. The molecule has 0 atom stereocenters. The van der Waals surface area contributed by atoms with E-state index in [1.54, 1.807) is 6.92 Å². The van der Waals surface area contributed by atoms with E-state index in [0.29, 0.717) is 11.3 Å². The predicted molar refractivity (Wildman–Crippen MR) is 81.4 cm³/mol. The molecule has 0 fully saturated rings. The van der Waals surface area contributed by atoms with E-state index in [1.165, 1.54) is 18.2 Å². The van der Waals surface area contributed by atoms with Gasteiger partial charge in [0.2, 0.25) is 15.9 Å². The van der Waals surface area contributed by atoms with Gasteiger partial charge in [-0.15, -0.1) is 0 Å². The number of hydrogen-bond donors (Lipinski definition) is 2. The Bertz CT molecular complexity index is 821. The van der Waals surface area contributed by atoms with Crippen molar-refractivity contribution in [2.45, 2.75) is 11.8 Å². The van der Waals surface area contributed by atoms with E-state index < -0.39 is 34.1 Å². The summed E-state index contributed by atoms with van der Waals surface area (Å²) < 4.78 is 51.8. The molecule has 0 saturated heterocycles. The molecular formula is C15H14F2N2O3S. The second-order valence-corrected chi connectivity index (χ2v) is 6.55. The van der Waals surface area contributed by atoms with Crippen molar-refractivity contribution in [2.24, 2.45) is 0 Å². The minimum absolute atomic E-state index is 0.148. The second-order valence-electron chi connectivity index (χ2n) is 4.79. The molecule has 5 nitrogen and oxygen atoms in total. The highest BCUT2D eigenvalue weighted by atomic mass is 32.2. The number of sulfonamides is 1. The van der Waals surface area contributed by atoms with Gasteiger partial charge in [0.25, 0.3) is 0 Å². The molecule has 0 aliphatic heterocycles. The van der Waals surface area contributed by atoms with Crippen molar-refractivity contribution in [1.29, 1.82) is 0 Å². The quantitative estimate of drug-likeness (QED) is 0.876. The summed E-state index contributed by atoms with van der Waals surface area (Å²) in [4.78, 5) is 11.6. The summed E-state index contributed by atoms with van der Waals surface area (Å²) in [6, 6.07) is 8.03. The van der Waals surface area contributed by atoms with Crippen LogP contribution in [0.25, 0.3) is 0 Å². The third-order valence-corrected chi connectivity index (χ3v) is 4.43. The molecule has 23 heavy (non-hydrogen) atoms. The van der Waals surface area contributed by atoms with Gasteiger partial charge in [-0.3, -0.25) is 4.79 Å². The largest absolute Gasteiger partial charge is 0.325 e. The van der Waals surface area contributed by atoms with Crippen molar-refractivity contribution in [1.82, 2.24) is 4.72 Å². The number of benzene rings is 2. The summed E-state index contributed by atoms with van der Waals surface area (Å²) in [6.45, 7) is 1.11. The highest BCUT2D eigenvalue weighted by molar-refractivity contribution is 7.89. The normalized spacial score (nSPS) is 11.3. The number of anilines is 1. The van der Waals surface area contributed by atoms with Gasteiger partial charge in [0.1, 0.15) is 11.6 Å². The van der Waals surface area contributed by atoms with E-state index in [9.17, 15) is 22.0 Å². The van der Waals surface area contributed by atoms with Gasteiger partial charge in [-0.05, 0) is 55.0 Å². The van der Waals surface area contributed by atoms with Gasteiger partial charge in [0, 0.05) is 5.69 Å². The van der Waals surface area contributed by atoms with Crippen molar-refractivity contribution in [3.63, 3.8) is 0 Å². The van der Waals surface area contributed by atoms with Crippen molar-refractivity contribution < 1.29 is 22.0 Å². The van der Waals surface area contributed by atoms with Crippen molar-refractivity contribution >= 4 is 21.6 Å². The first-order valence-corrected chi connectivity index (χ1v) is 8.07. The number of halogens is 2. The minimum atomic E-state index is -3.92. The number of carbonyl (C=O) groups is 1. The molecule has 0 heterocycles. The Labute approximate surface area is 132 Å². The molecule has 0 radical (unpaired) electrons. The van der Waals surface area contributed by atoms with E-state index in [4.69, 9.17) is 0 Å². The Morgan fingerprint density at radius 2 is 1.65 bits per heavy atom. The molecule has 0 aliphatic rings. The number of hydrogen-bond acceptors (Lipinski definition) is 3. The average molecular weight is 340 g/mol. The van der Waals surface area contributed by atoms with Crippen LogP contribution in [-0.4, -0.2) is 20.9 Å². The molecule has 0 aromatic heterocycles. The zero-order valence-electron chi connectivity index (χ0n) is 12.1. The number of nitrogens with one attached hydrogen (secondary N) is 2. The summed E-state index contributed by atoms with van der Waals surface area (Å²) in [5.41, 5.74) is 0.900. The van der Waals surface area contributed by atoms with Crippen LogP contribution in [0, 0.1) is 18.6 Å². The van der Waals surface area contributed by atoms with Crippen LogP contribution >= 0.6 is 0 Å². The van der Waals surface area contributed by atoms with E-state index in [0.717, 1.165) is 24.3 Å². The zero-order valence-corrected chi connectivity index (χ0v) is 13.0. The highest BCUT2D eigenvalue weighted by Gasteiger charge is 2.15. The zero-order chi connectivity index (χ0) is 17.0. The van der Waals surface area contributed by atoms with E-state index >= 15 is 0 Å². The monoisotopic (exact) mass is 340 g/mol. The van der Waals surface area contributed by atoms with Crippen LogP contribution in [0.15, 0.2) is 47.4 Å². The van der Waals surface area contributed by atoms with E-state index in [1.807, 2.05) is 0 Å². The molecule has 0 aliphatic carbocycles.